The summed E-state index contributed by atoms with van der Waals surface area (Å²) in [6.45, 7) is 7.35. The van der Waals surface area contributed by atoms with Gasteiger partial charge in [0.15, 0.2) is 0 Å². The van der Waals surface area contributed by atoms with Gasteiger partial charge in [-0.3, -0.25) is 4.79 Å². The van der Waals surface area contributed by atoms with Crippen LogP contribution in [0.2, 0.25) is 8.87 Å². The van der Waals surface area contributed by atoms with Crippen LogP contribution in [0.25, 0.3) is 0 Å². The van der Waals surface area contributed by atoms with Gasteiger partial charge in [-0.1, -0.05) is 0 Å². The van der Waals surface area contributed by atoms with E-state index in [4.69, 9.17) is 4.74 Å². The summed E-state index contributed by atoms with van der Waals surface area (Å²) in [6, 6.07) is 4.19. The van der Waals surface area contributed by atoms with Crippen LogP contribution in [0.5, 0.6) is 0 Å². The molecule has 250 valence electrons. The van der Waals surface area contributed by atoms with E-state index in [1.807, 2.05) is 4.90 Å². The number of carbonyl (C=O) groups excluding carboxylic acids is 4. The Morgan fingerprint density at radius 2 is 1.60 bits per heavy atom. The van der Waals surface area contributed by atoms with Crippen LogP contribution in [-0.2, 0) is 19.1 Å². The Hall–Kier alpha value is -2.57. The zero-order valence-corrected chi connectivity index (χ0v) is 30.2. The summed E-state index contributed by atoms with van der Waals surface area (Å²) in [5.41, 5.74) is 0.804. The number of halogens is 1. The predicted octanol–water partition coefficient (Wildman–Crippen LogP) is 4.90. The molecule has 2 N–H and O–H groups in total. The van der Waals surface area contributed by atoms with Gasteiger partial charge < -0.3 is 10.1 Å². The fourth-order valence-electron chi connectivity index (χ4n) is 5.83. The Bertz CT molecular complexity index is 1120. The number of carbonyl (C=O) groups is 4. The number of anilines is 2. The van der Waals surface area contributed by atoms with Crippen LogP contribution >= 0.6 is 0 Å². The van der Waals surface area contributed by atoms with Crippen LogP contribution < -0.4 is 20.4 Å². The molecular formula is C33H52FN5O5Sn. The van der Waals surface area contributed by atoms with Crippen molar-refractivity contribution in [2.45, 2.75) is 106 Å². The molecule has 45 heavy (non-hydrogen) atoms. The second kappa shape index (κ2) is 19.8. The number of amides is 4. The normalized spacial score (nSPS) is 17.3. The van der Waals surface area contributed by atoms with Gasteiger partial charge in [-0.15, -0.1) is 0 Å². The topological polar surface area (TPSA) is 111 Å². The quantitative estimate of drug-likeness (QED) is 0.155. The minimum absolute atomic E-state index is 0.0361. The Labute approximate surface area is 278 Å². The molecular weight excluding hydrogens is 684 g/mol. The number of hydrogen-bond donors (Lipinski definition) is 2. The monoisotopic (exact) mass is 737 g/mol. The van der Waals surface area contributed by atoms with Crippen molar-refractivity contribution in [3.8, 4) is 0 Å². The van der Waals surface area contributed by atoms with E-state index in [1.54, 1.807) is 17.0 Å². The Morgan fingerprint density at radius 3 is 2.20 bits per heavy atom. The first-order chi connectivity index (χ1) is 21.7. The van der Waals surface area contributed by atoms with Crippen molar-refractivity contribution in [1.29, 1.82) is 0 Å². The Balaban J connectivity index is 1.41. The number of hydrogen-bond acceptors (Lipinski definition) is 6. The van der Waals surface area contributed by atoms with Crippen molar-refractivity contribution in [3.63, 3.8) is 0 Å². The van der Waals surface area contributed by atoms with E-state index in [-0.39, 0.29) is 30.8 Å². The number of benzene rings is 1. The van der Waals surface area contributed by atoms with E-state index >= 15 is 4.39 Å². The molecule has 1 aromatic rings. The second-order valence-electron chi connectivity index (χ2n) is 12.1. The number of piperazine rings is 1. The molecule has 2 radical (unpaired) electrons. The molecule has 4 amide bonds. The van der Waals surface area contributed by atoms with E-state index in [0.29, 0.717) is 37.6 Å². The minimum atomic E-state index is -0.776. The molecule has 0 spiro atoms. The van der Waals surface area contributed by atoms with Crippen molar-refractivity contribution in [2.75, 3.05) is 49.1 Å². The first kappa shape index (κ1) is 36.9. The second-order valence-corrected chi connectivity index (χ2v) is 16.2. The maximum absolute atomic E-state index is 15.2. The van der Waals surface area contributed by atoms with Gasteiger partial charge in [-0.2, -0.15) is 0 Å². The maximum atomic E-state index is 15.2. The Morgan fingerprint density at radius 1 is 0.956 bits per heavy atom. The van der Waals surface area contributed by atoms with Crippen LogP contribution in [0.15, 0.2) is 18.2 Å². The number of nitrogens with one attached hydrogen (secondary N) is 2. The fourth-order valence-corrected chi connectivity index (χ4v) is 9.46. The molecule has 2 heterocycles. The summed E-state index contributed by atoms with van der Waals surface area (Å²) in [7, 11) is 0. The molecule has 12 heteroatoms. The van der Waals surface area contributed by atoms with Crippen LogP contribution in [0, 0.1) is 5.82 Å². The molecule has 1 aromatic carbocycles. The van der Waals surface area contributed by atoms with E-state index in [2.05, 4.69) is 17.6 Å². The van der Waals surface area contributed by atoms with Crippen LogP contribution in [0.3, 0.4) is 0 Å². The van der Waals surface area contributed by atoms with Gasteiger partial charge in [0.2, 0.25) is 5.91 Å². The first-order valence-corrected chi connectivity index (χ1v) is 20.8. The molecule has 0 saturated carbocycles. The summed E-state index contributed by atoms with van der Waals surface area (Å²) >= 11 is -0.776. The van der Waals surface area contributed by atoms with Gasteiger partial charge in [-0.05, 0) is 0 Å². The molecule has 3 rings (SSSR count). The zero-order valence-electron chi connectivity index (χ0n) is 27.4. The third kappa shape index (κ3) is 12.6. The van der Waals surface area contributed by atoms with Gasteiger partial charge in [0.25, 0.3) is 0 Å². The van der Waals surface area contributed by atoms with Crippen molar-refractivity contribution >= 4 is 56.3 Å². The average Bonchev–Trinajstić information content (AvgIpc) is 3.39. The fraction of sp³-hybridized carbons (Fsp3) is 0.697. The molecule has 2 aliphatic heterocycles. The third-order valence-electron chi connectivity index (χ3n) is 8.36. The molecule has 2 atom stereocenters. The molecule has 2 saturated heterocycles. The zero-order chi connectivity index (χ0) is 32.6. The summed E-state index contributed by atoms with van der Waals surface area (Å²) < 4.78 is 22.5. The van der Waals surface area contributed by atoms with Crippen LogP contribution in [0.4, 0.5) is 20.6 Å². The van der Waals surface area contributed by atoms with Gasteiger partial charge in [0, 0.05) is 6.92 Å². The van der Waals surface area contributed by atoms with E-state index < -0.39 is 45.2 Å². The number of rotatable bonds is 19. The molecule has 2 unspecified atom stereocenters. The summed E-state index contributed by atoms with van der Waals surface area (Å²) in [5.74, 6) is -0.892. The molecule has 0 aliphatic carbocycles. The number of nitrogens with zero attached hydrogens (tertiary/aromatic N) is 3. The van der Waals surface area contributed by atoms with Crippen molar-refractivity contribution in [3.05, 3.63) is 24.0 Å². The van der Waals surface area contributed by atoms with Gasteiger partial charge in [-0.25, -0.2) is 4.79 Å². The summed E-state index contributed by atoms with van der Waals surface area (Å²) in [4.78, 5) is 53.8. The van der Waals surface area contributed by atoms with E-state index in [0.717, 1.165) is 4.44 Å². The Kier molecular flexibility index (Phi) is 16.3. The standard InChI is InChI=1S/C21H27FN5O5.C12H25.Sn/c1-13(24-15(3)29)20(30)26-8-6-25(7-9-26)19-5-4-16(10-18(19)22)27-12-17(32-21(27)31)11-23-14(2)28;1-3-5-7-9-11-12-10-8-6-4-2;/h4-5,10,13,17H,1,6-9,11-12H2,2-3H3,(H,23,28)(H,24,29);1,3-12H2,2H3;. The SMILES string of the molecule is CCCCCCCCCCC[CH2][Sn][CH2]C(NC(C)=O)C(=O)N1CCN(c2ccc(N3CC(CNC(C)=O)OC3=O)cc2F)CC1. The summed E-state index contributed by atoms with van der Waals surface area (Å²) in [5, 5.41) is 5.53. The van der Waals surface area contributed by atoms with E-state index in [9.17, 15) is 19.2 Å². The molecule has 2 aliphatic rings. The predicted molar refractivity (Wildman–Crippen MR) is 176 cm³/mol. The molecule has 0 aromatic heterocycles. The number of unbranched alkanes of at least 4 members (excludes halogenated alkanes) is 9. The van der Waals surface area contributed by atoms with E-state index in [1.165, 1.54) is 93.5 Å². The van der Waals surface area contributed by atoms with Gasteiger partial charge in [0.1, 0.15) is 6.10 Å². The van der Waals surface area contributed by atoms with Gasteiger partial charge >= 0.3 is 228 Å². The van der Waals surface area contributed by atoms with Crippen LogP contribution in [0.1, 0.15) is 85.0 Å². The van der Waals surface area contributed by atoms with Crippen molar-refractivity contribution in [1.82, 2.24) is 15.5 Å². The van der Waals surface area contributed by atoms with Crippen molar-refractivity contribution in [2.24, 2.45) is 0 Å². The number of cyclic esters (lactones) is 1. The third-order valence-corrected chi connectivity index (χ3v) is 12.4. The average molecular weight is 737 g/mol. The summed E-state index contributed by atoms with van der Waals surface area (Å²) in [6.07, 6.45) is 12.1. The first-order valence-electron chi connectivity index (χ1n) is 16.7. The van der Waals surface area contributed by atoms with Crippen molar-refractivity contribution < 1.29 is 28.3 Å². The molecule has 2 fully saturated rings. The van der Waals surface area contributed by atoms with Gasteiger partial charge in [0.05, 0.1) is 13.1 Å². The van der Waals surface area contributed by atoms with Crippen LogP contribution in [-0.4, -0.2) is 101 Å². The molecule has 0 bridgehead atoms. The number of ether oxygens (including phenoxy) is 1. The molecule has 10 nitrogen and oxygen atoms in total.